The number of rotatable bonds is 3. The van der Waals surface area contributed by atoms with Crippen molar-refractivity contribution in [3.8, 4) is 0 Å². The molecule has 120 valence electrons. The lowest BCUT2D eigenvalue weighted by Gasteiger charge is -2.19. The summed E-state index contributed by atoms with van der Waals surface area (Å²) in [5.41, 5.74) is -0.532. The first-order valence-corrected chi connectivity index (χ1v) is 6.97. The zero-order chi connectivity index (χ0) is 16.8. The highest BCUT2D eigenvalue weighted by Crippen LogP contribution is 2.32. The average Bonchev–Trinajstić information content (AvgIpc) is 3.10. The molecule has 2 aromatic rings. The highest BCUT2D eigenvalue weighted by molar-refractivity contribution is 6.05. The Morgan fingerprint density at radius 2 is 2.22 bits per heavy atom. The first kappa shape index (κ1) is 14.9. The third-order valence-electron chi connectivity index (χ3n) is 4.24. The summed E-state index contributed by atoms with van der Waals surface area (Å²) in [6, 6.07) is 4.10. The van der Waals surface area contributed by atoms with Crippen LogP contribution >= 0.6 is 0 Å². The zero-order valence-electron chi connectivity index (χ0n) is 12.3. The number of nitrogens with one attached hydrogen (secondary N) is 1. The summed E-state index contributed by atoms with van der Waals surface area (Å²) < 4.78 is 0. The number of likely N-dealkylation sites (tertiary alicyclic amines) is 1. The van der Waals surface area contributed by atoms with Crippen molar-refractivity contribution >= 4 is 28.5 Å². The number of amides is 1. The van der Waals surface area contributed by atoms with Crippen molar-refractivity contribution < 1.29 is 19.6 Å². The highest BCUT2D eigenvalue weighted by Gasteiger charge is 2.42. The minimum atomic E-state index is -0.978. The molecule has 1 aliphatic heterocycles. The van der Waals surface area contributed by atoms with Crippen LogP contribution in [0.25, 0.3) is 10.9 Å². The van der Waals surface area contributed by atoms with Gasteiger partial charge in [-0.15, -0.1) is 0 Å². The van der Waals surface area contributed by atoms with E-state index in [1.165, 1.54) is 23.1 Å². The fraction of sp³-hybridized carbons (Fsp3) is 0.357. The molecule has 9 nitrogen and oxygen atoms in total. The van der Waals surface area contributed by atoms with Crippen LogP contribution < -0.4 is 0 Å². The molecular formula is C14H14N4O5. The summed E-state index contributed by atoms with van der Waals surface area (Å²) in [5.74, 6) is -1.38. The van der Waals surface area contributed by atoms with Crippen molar-refractivity contribution in [2.45, 2.75) is 13.3 Å². The topological polar surface area (TPSA) is 129 Å². The lowest BCUT2D eigenvalue weighted by atomic mass is 9.90. The van der Waals surface area contributed by atoms with Crippen LogP contribution in [0.2, 0.25) is 0 Å². The monoisotopic (exact) mass is 318 g/mol. The van der Waals surface area contributed by atoms with Crippen molar-refractivity contribution in [3.63, 3.8) is 0 Å². The first-order chi connectivity index (χ1) is 10.8. The second-order valence-electron chi connectivity index (χ2n) is 5.90. The van der Waals surface area contributed by atoms with Gasteiger partial charge >= 0.3 is 5.97 Å². The number of carbonyl (C=O) groups is 2. The Bertz CT molecular complexity index is 830. The third kappa shape index (κ3) is 2.39. The number of nitro groups is 1. The molecule has 0 radical (unpaired) electrons. The maximum Gasteiger partial charge on any atom is 0.311 e. The smallest absolute Gasteiger partial charge is 0.311 e. The molecule has 1 unspecified atom stereocenters. The van der Waals surface area contributed by atoms with Crippen LogP contribution in [0.15, 0.2) is 18.2 Å². The first-order valence-electron chi connectivity index (χ1n) is 6.97. The normalized spacial score (nSPS) is 20.8. The Balaban J connectivity index is 1.94. The van der Waals surface area contributed by atoms with E-state index in [0.29, 0.717) is 23.9 Å². The summed E-state index contributed by atoms with van der Waals surface area (Å²) >= 11 is 0. The standard InChI is InChI=1S/C14H14N4O5/c1-14(13(20)21)4-5-17(7-14)12(19)11-9-6-8(18(22)23)2-3-10(9)15-16-11/h2-3,6H,4-5,7H2,1H3,(H,15,16)(H,20,21). The summed E-state index contributed by atoms with van der Waals surface area (Å²) in [5, 5.41) is 27.1. The average molecular weight is 318 g/mol. The van der Waals surface area contributed by atoms with Gasteiger partial charge in [0, 0.05) is 30.6 Å². The number of hydrogen-bond donors (Lipinski definition) is 2. The molecule has 1 amide bonds. The number of fused-ring (bicyclic) bond motifs is 1. The summed E-state index contributed by atoms with van der Waals surface area (Å²) in [4.78, 5) is 35.6. The Morgan fingerprint density at radius 1 is 1.48 bits per heavy atom. The SMILES string of the molecule is CC1(C(=O)O)CCN(C(=O)c2n[nH]c3ccc([N+](=O)[O-])cc23)C1. The predicted octanol–water partition coefficient (Wildman–Crippen LogP) is 1.41. The Labute approximate surface area is 130 Å². The minimum Gasteiger partial charge on any atom is -0.481 e. The lowest BCUT2D eigenvalue weighted by molar-refractivity contribution is -0.384. The van der Waals surface area contributed by atoms with Gasteiger partial charge in [-0.1, -0.05) is 0 Å². The van der Waals surface area contributed by atoms with Gasteiger partial charge in [0.05, 0.1) is 15.9 Å². The number of carbonyl (C=O) groups excluding carboxylic acids is 1. The second-order valence-corrected chi connectivity index (χ2v) is 5.90. The number of H-pyrrole nitrogens is 1. The third-order valence-corrected chi connectivity index (χ3v) is 4.24. The number of carboxylic acids is 1. The van der Waals surface area contributed by atoms with Crippen molar-refractivity contribution in [1.82, 2.24) is 15.1 Å². The molecule has 2 heterocycles. The molecule has 0 spiro atoms. The molecule has 23 heavy (non-hydrogen) atoms. The van der Waals surface area contributed by atoms with E-state index in [-0.39, 0.29) is 17.9 Å². The van der Waals surface area contributed by atoms with Crippen LogP contribution in [0, 0.1) is 15.5 Å². The summed E-state index contributed by atoms with van der Waals surface area (Å²) in [7, 11) is 0. The molecule has 0 saturated carbocycles. The molecule has 1 aromatic heterocycles. The van der Waals surface area contributed by atoms with Gasteiger partial charge in [0.15, 0.2) is 5.69 Å². The largest absolute Gasteiger partial charge is 0.481 e. The van der Waals surface area contributed by atoms with Crippen molar-refractivity contribution in [1.29, 1.82) is 0 Å². The highest BCUT2D eigenvalue weighted by atomic mass is 16.6. The van der Waals surface area contributed by atoms with Crippen LogP contribution in [-0.2, 0) is 4.79 Å². The van der Waals surface area contributed by atoms with Crippen molar-refractivity contribution in [3.05, 3.63) is 34.0 Å². The van der Waals surface area contributed by atoms with E-state index in [1.807, 2.05) is 0 Å². The number of hydrogen-bond acceptors (Lipinski definition) is 5. The van der Waals surface area contributed by atoms with Gasteiger partial charge in [0.25, 0.3) is 11.6 Å². The summed E-state index contributed by atoms with van der Waals surface area (Å²) in [6.45, 7) is 1.99. The maximum atomic E-state index is 12.6. The van der Waals surface area contributed by atoms with Gasteiger partial charge in [-0.05, 0) is 19.4 Å². The predicted molar refractivity (Wildman–Crippen MR) is 79.0 cm³/mol. The minimum absolute atomic E-state index is 0.0679. The molecule has 0 aliphatic carbocycles. The van der Waals surface area contributed by atoms with Crippen LogP contribution in [0.5, 0.6) is 0 Å². The number of aromatic amines is 1. The number of aliphatic carboxylic acids is 1. The fourth-order valence-corrected chi connectivity index (χ4v) is 2.74. The number of carboxylic acid groups (broad SMARTS) is 1. The molecule has 1 atom stereocenters. The fourth-order valence-electron chi connectivity index (χ4n) is 2.74. The number of non-ortho nitro benzene ring substituents is 1. The zero-order valence-corrected chi connectivity index (χ0v) is 12.3. The van der Waals surface area contributed by atoms with Crippen LogP contribution in [0.3, 0.4) is 0 Å². The Kier molecular flexibility index (Phi) is 3.28. The van der Waals surface area contributed by atoms with E-state index in [4.69, 9.17) is 0 Å². The number of nitrogens with zero attached hydrogens (tertiary/aromatic N) is 3. The van der Waals surface area contributed by atoms with E-state index < -0.39 is 22.2 Å². The number of benzene rings is 1. The lowest BCUT2D eigenvalue weighted by Crippen LogP contribution is -2.35. The van der Waals surface area contributed by atoms with Gasteiger partial charge in [-0.2, -0.15) is 5.10 Å². The molecule has 3 rings (SSSR count). The molecular weight excluding hydrogens is 304 g/mol. The van der Waals surface area contributed by atoms with Gasteiger partial charge in [0.2, 0.25) is 0 Å². The van der Waals surface area contributed by atoms with E-state index >= 15 is 0 Å². The van der Waals surface area contributed by atoms with Gasteiger partial charge in [0.1, 0.15) is 0 Å². The molecule has 1 fully saturated rings. The van der Waals surface area contributed by atoms with Crippen molar-refractivity contribution in [2.75, 3.05) is 13.1 Å². The van der Waals surface area contributed by atoms with Crippen LogP contribution in [0.1, 0.15) is 23.8 Å². The van der Waals surface area contributed by atoms with Crippen molar-refractivity contribution in [2.24, 2.45) is 5.41 Å². The molecule has 0 bridgehead atoms. The molecule has 1 saturated heterocycles. The Morgan fingerprint density at radius 3 is 2.83 bits per heavy atom. The molecule has 1 aliphatic rings. The van der Waals surface area contributed by atoms with E-state index in [0.717, 1.165) is 0 Å². The van der Waals surface area contributed by atoms with E-state index in [2.05, 4.69) is 10.2 Å². The summed E-state index contributed by atoms with van der Waals surface area (Å²) in [6.07, 6.45) is 0.358. The van der Waals surface area contributed by atoms with Crippen LogP contribution in [0.4, 0.5) is 5.69 Å². The number of nitro benzene ring substituents is 1. The molecule has 1 aromatic carbocycles. The maximum absolute atomic E-state index is 12.6. The van der Waals surface area contributed by atoms with E-state index in [1.54, 1.807) is 6.92 Å². The van der Waals surface area contributed by atoms with Gasteiger partial charge < -0.3 is 10.0 Å². The van der Waals surface area contributed by atoms with E-state index in [9.17, 15) is 24.8 Å². The number of aromatic nitrogens is 2. The quantitative estimate of drug-likeness (QED) is 0.650. The second kappa shape index (κ2) is 5.04. The van der Waals surface area contributed by atoms with Gasteiger partial charge in [-0.3, -0.25) is 24.8 Å². The van der Waals surface area contributed by atoms with Gasteiger partial charge in [-0.25, -0.2) is 0 Å². The van der Waals surface area contributed by atoms with Crippen LogP contribution in [-0.4, -0.2) is 50.1 Å². The molecule has 2 N–H and O–H groups in total. The molecule has 9 heteroatoms. The Hall–Kier alpha value is -2.97.